The van der Waals surface area contributed by atoms with Gasteiger partial charge in [-0.1, -0.05) is 0 Å². The smallest absolute Gasteiger partial charge is 0.303 e. The molecule has 2 rings (SSSR count). The Labute approximate surface area is 98.5 Å². The van der Waals surface area contributed by atoms with Gasteiger partial charge in [0.1, 0.15) is 5.82 Å². The maximum Gasteiger partial charge on any atom is 0.303 e. The molecule has 1 aliphatic carbocycles. The fraction of sp³-hybridized carbons (Fsp3) is 0.545. The molecule has 1 fully saturated rings. The van der Waals surface area contributed by atoms with Crippen LogP contribution in [0.25, 0.3) is 0 Å². The van der Waals surface area contributed by atoms with Gasteiger partial charge in [-0.3, -0.25) is 4.79 Å². The second-order valence-corrected chi connectivity index (χ2v) is 5.30. The van der Waals surface area contributed by atoms with E-state index in [1.54, 1.807) is 18.0 Å². The Balaban J connectivity index is 1.90. The third-order valence-corrected chi connectivity index (χ3v) is 4.04. The van der Waals surface area contributed by atoms with Crippen LogP contribution in [0.4, 0.5) is 0 Å². The number of carbonyl (C=O) groups is 1. The monoisotopic (exact) mass is 238 g/mol. The number of rotatable bonds is 5. The van der Waals surface area contributed by atoms with Crippen molar-refractivity contribution in [2.75, 3.05) is 5.75 Å². The van der Waals surface area contributed by atoms with Crippen molar-refractivity contribution < 1.29 is 9.90 Å². The zero-order valence-corrected chi connectivity index (χ0v) is 9.96. The van der Waals surface area contributed by atoms with Crippen LogP contribution in [-0.2, 0) is 4.79 Å². The summed E-state index contributed by atoms with van der Waals surface area (Å²) < 4.78 is 0. The van der Waals surface area contributed by atoms with Gasteiger partial charge in [0.25, 0.3) is 0 Å². The lowest BCUT2D eigenvalue weighted by molar-refractivity contribution is -0.138. The first-order chi connectivity index (χ1) is 7.60. The molecule has 1 heterocycles. The van der Waals surface area contributed by atoms with Crippen LogP contribution in [0.15, 0.2) is 17.3 Å². The molecule has 0 aliphatic heterocycles. The van der Waals surface area contributed by atoms with E-state index < -0.39 is 5.97 Å². The van der Waals surface area contributed by atoms with Crippen molar-refractivity contribution in [3.63, 3.8) is 0 Å². The topological polar surface area (TPSA) is 63.1 Å². The van der Waals surface area contributed by atoms with E-state index in [0.717, 1.165) is 29.4 Å². The number of aromatic nitrogens is 2. The van der Waals surface area contributed by atoms with Gasteiger partial charge in [0.2, 0.25) is 0 Å². The lowest BCUT2D eigenvalue weighted by Crippen LogP contribution is -2.11. The minimum Gasteiger partial charge on any atom is -0.481 e. The predicted molar refractivity (Wildman–Crippen MR) is 61.4 cm³/mol. The van der Waals surface area contributed by atoms with Gasteiger partial charge >= 0.3 is 5.97 Å². The Morgan fingerprint density at radius 1 is 1.62 bits per heavy atom. The third-order valence-electron chi connectivity index (χ3n) is 2.76. The normalized spacial score (nSPS) is 17.1. The predicted octanol–water partition coefficient (Wildman–Crippen LogP) is 2.13. The number of aliphatic carboxylic acids is 1. The maximum absolute atomic E-state index is 10.7. The van der Waals surface area contributed by atoms with Gasteiger partial charge < -0.3 is 5.11 Å². The Bertz CT molecular complexity index is 405. The summed E-state index contributed by atoms with van der Waals surface area (Å²) in [7, 11) is 0. The fourth-order valence-corrected chi connectivity index (χ4v) is 2.81. The lowest BCUT2D eigenvalue weighted by atomic mass is 10.1. The van der Waals surface area contributed by atoms with Crippen LogP contribution in [0.3, 0.4) is 0 Å². The molecule has 86 valence electrons. The number of thioether (sulfide) groups is 1. The number of carboxylic acid groups (broad SMARTS) is 1. The largest absolute Gasteiger partial charge is 0.481 e. The average molecular weight is 238 g/mol. The highest BCUT2D eigenvalue weighted by atomic mass is 32.2. The van der Waals surface area contributed by atoms with E-state index in [0.29, 0.717) is 0 Å². The van der Waals surface area contributed by atoms with E-state index in [4.69, 9.17) is 5.11 Å². The molecule has 0 radical (unpaired) electrons. The molecule has 0 amide bonds. The molecule has 0 unspecified atom stereocenters. The Hall–Kier alpha value is -1.10. The van der Waals surface area contributed by atoms with Crippen molar-refractivity contribution in [2.24, 2.45) is 5.41 Å². The minimum atomic E-state index is -0.697. The molecule has 0 spiro atoms. The molecule has 1 N–H and O–H groups in total. The summed E-state index contributed by atoms with van der Waals surface area (Å²) >= 11 is 1.63. The summed E-state index contributed by atoms with van der Waals surface area (Å²) in [6, 6.07) is 1.87. The van der Waals surface area contributed by atoms with Gasteiger partial charge in [-0.25, -0.2) is 9.97 Å². The number of hydrogen-bond acceptors (Lipinski definition) is 4. The molecule has 0 saturated heterocycles. The van der Waals surface area contributed by atoms with Crippen LogP contribution in [0, 0.1) is 12.3 Å². The highest BCUT2D eigenvalue weighted by Crippen LogP contribution is 2.51. The number of hydrogen-bond donors (Lipinski definition) is 1. The molecule has 4 nitrogen and oxygen atoms in total. The van der Waals surface area contributed by atoms with Crippen LogP contribution >= 0.6 is 11.8 Å². The van der Waals surface area contributed by atoms with Crippen molar-refractivity contribution in [3.8, 4) is 0 Å². The van der Waals surface area contributed by atoms with E-state index in [2.05, 4.69) is 9.97 Å². The van der Waals surface area contributed by atoms with Gasteiger partial charge in [-0.2, -0.15) is 0 Å². The van der Waals surface area contributed by atoms with Crippen LogP contribution < -0.4 is 0 Å². The second-order valence-electron chi connectivity index (χ2n) is 4.30. The molecule has 5 heteroatoms. The number of nitrogens with zero attached hydrogens (tertiary/aromatic N) is 2. The molecule has 0 aromatic carbocycles. The SMILES string of the molecule is Cc1nccc(SCC2(CC(=O)O)CC2)n1. The third kappa shape index (κ3) is 2.95. The molecular formula is C11H14N2O2S. The quantitative estimate of drug-likeness (QED) is 0.629. The molecule has 0 atom stereocenters. The fourth-order valence-electron chi connectivity index (χ4n) is 1.61. The molecule has 16 heavy (non-hydrogen) atoms. The Kier molecular flexibility index (Phi) is 3.14. The molecule has 1 aromatic heterocycles. The van der Waals surface area contributed by atoms with Crippen LogP contribution in [0.2, 0.25) is 0 Å². The van der Waals surface area contributed by atoms with Crippen LogP contribution in [0.5, 0.6) is 0 Å². The number of aryl methyl sites for hydroxylation is 1. The van der Waals surface area contributed by atoms with E-state index in [1.165, 1.54) is 0 Å². The van der Waals surface area contributed by atoms with Crippen LogP contribution in [0.1, 0.15) is 25.1 Å². The van der Waals surface area contributed by atoms with Crippen molar-refractivity contribution in [1.29, 1.82) is 0 Å². The molecular weight excluding hydrogens is 224 g/mol. The number of carboxylic acids is 1. The summed E-state index contributed by atoms with van der Waals surface area (Å²) in [4.78, 5) is 19.0. The highest BCUT2D eigenvalue weighted by Gasteiger charge is 2.44. The van der Waals surface area contributed by atoms with Crippen LogP contribution in [-0.4, -0.2) is 26.8 Å². The summed E-state index contributed by atoms with van der Waals surface area (Å²) in [5.41, 5.74) is 0.0232. The summed E-state index contributed by atoms with van der Waals surface area (Å²) in [5, 5.41) is 9.73. The van der Waals surface area contributed by atoms with Gasteiger partial charge in [-0.15, -0.1) is 11.8 Å². The molecule has 0 bridgehead atoms. The first-order valence-corrected chi connectivity index (χ1v) is 6.22. The van der Waals surface area contributed by atoms with E-state index in [1.807, 2.05) is 13.0 Å². The maximum atomic E-state index is 10.7. The molecule has 1 aliphatic rings. The van der Waals surface area contributed by atoms with Crippen molar-refractivity contribution in [2.45, 2.75) is 31.2 Å². The standard InChI is InChI=1S/C11H14N2O2S/c1-8-12-5-2-9(13-8)16-7-11(3-4-11)6-10(14)15/h2,5H,3-4,6-7H2,1H3,(H,14,15). The average Bonchev–Trinajstić information content (AvgIpc) is 2.95. The van der Waals surface area contributed by atoms with E-state index in [9.17, 15) is 4.79 Å². The first-order valence-electron chi connectivity index (χ1n) is 5.24. The summed E-state index contributed by atoms with van der Waals surface area (Å²) in [5.74, 6) is 0.903. The van der Waals surface area contributed by atoms with Gasteiger partial charge in [-0.05, 0) is 31.2 Å². The first kappa shape index (κ1) is 11.4. The highest BCUT2D eigenvalue weighted by molar-refractivity contribution is 7.99. The van der Waals surface area contributed by atoms with Crippen molar-refractivity contribution >= 4 is 17.7 Å². The Morgan fingerprint density at radius 2 is 2.38 bits per heavy atom. The van der Waals surface area contributed by atoms with E-state index in [-0.39, 0.29) is 11.8 Å². The Morgan fingerprint density at radius 3 is 2.94 bits per heavy atom. The molecule has 1 aromatic rings. The minimum absolute atomic E-state index is 0.0232. The summed E-state index contributed by atoms with van der Waals surface area (Å²) in [6.45, 7) is 1.86. The zero-order chi connectivity index (χ0) is 11.6. The second kappa shape index (κ2) is 4.41. The summed E-state index contributed by atoms with van der Waals surface area (Å²) in [6.07, 6.45) is 4.07. The van der Waals surface area contributed by atoms with E-state index >= 15 is 0 Å². The molecule has 1 saturated carbocycles. The zero-order valence-electron chi connectivity index (χ0n) is 9.14. The van der Waals surface area contributed by atoms with Crippen molar-refractivity contribution in [1.82, 2.24) is 9.97 Å². The van der Waals surface area contributed by atoms with Gasteiger partial charge in [0, 0.05) is 11.9 Å². The van der Waals surface area contributed by atoms with Crippen molar-refractivity contribution in [3.05, 3.63) is 18.1 Å². The lowest BCUT2D eigenvalue weighted by Gasteiger charge is -2.10. The van der Waals surface area contributed by atoms with Gasteiger partial charge in [0.15, 0.2) is 0 Å². The van der Waals surface area contributed by atoms with Gasteiger partial charge in [0.05, 0.1) is 11.4 Å².